The van der Waals surface area contributed by atoms with Crippen LogP contribution in [0.4, 0.5) is 0 Å². The molecule has 3 heteroatoms. The highest BCUT2D eigenvalue weighted by atomic mass is 16.4. The molecule has 1 N–H and O–H groups in total. The second-order valence-electron chi connectivity index (χ2n) is 0.723. The fraction of sp³-hybridized carbons (Fsp3) is 0. The van der Waals surface area contributed by atoms with Gasteiger partial charge in [-0.2, -0.15) is 0 Å². The van der Waals surface area contributed by atoms with Gasteiger partial charge in [-0.25, -0.2) is 0 Å². The van der Waals surface area contributed by atoms with Crippen LogP contribution in [-0.2, 0) is 4.65 Å². The summed E-state index contributed by atoms with van der Waals surface area (Å²) in [5.41, 5.74) is 0. The van der Waals surface area contributed by atoms with Gasteiger partial charge in [-0.1, -0.05) is 0 Å². The average molecular weight is 67.9 g/mol. The summed E-state index contributed by atoms with van der Waals surface area (Å²) < 4.78 is 4.53. The molecule has 0 bridgehead atoms. The van der Waals surface area contributed by atoms with Gasteiger partial charge < -0.3 is 9.88 Å². The minimum atomic E-state index is 1.50. The minimum Gasteiger partial charge on any atom is -0.754 e. The van der Waals surface area contributed by atoms with Crippen molar-refractivity contribution in [1.29, 1.82) is 0 Å². The first-order chi connectivity index (χ1) is 2.50. The van der Waals surface area contributed by atoms with Crippen LogP contribution in [0.3, 0.4) is 0 Å². The Morgan fingerprint density at radius 2 is 2.80 bits per heavy atom. The topological polar surface area (TPSA) is 21.3 Å². The van der Waals surface area contributed by atoms with Crippen LogP contribution in [0.2, 0.25) is 0 Å². The lowest BCUT2D eigenvalue weighted by Crippen LogP contribution is -2.04. The maximum absolute atomic E-state index is 4.53. The van der Waals surface area contributed by atoms with E-state index in [9.17, 15) is 0 Å². The SMILES string of the molecule is [B-]1NC=CO1. The summed E-state index contributed by atoms with van der Waals surface area (Å²) in [6.07, 6.45) is 3.28. The minimum absolute atomic E-state index is 1.50. The third kappa shape index (κ3) is 0.346. The molecule has 0 aromatic heterocycles. The normalized spacial score (nSPS) is 17.6. The van der Waals surface area contributed by atoms with Gasteiger partial charge in [-0.3, -0.25) is 0 Å². The van der Waals surface area contributed by atoms with Gasteiger partial charge in [0.05, 0.1) is 0 Å². The van der Waals surface area contributed by atoms with Crippen molar-refractivity contribution in [2.24, 2.45) is 0 Å². The van der Waals surface area contributed by atoms with Crippen molar-refractivity contribution in [1.82, 2.24) is 5.23 Å². The van der Waals surface area contributed by atoms with Crippen molar-refractivity contribution in [3.05, 3.63) is 12.5 Å². The van der Waals surface area contributed by atoms with Crippen LogP contribution in [-0.4, -0.2) is 7.62 Å². The zero-order valence-electron chi connectivity index (χ0n) is 2.64. The molecule has 0 aliphatic carbocycles. The van der Waals surface area contributed by atoms with Crippen molar-refractivity contribution >= 4 is 7.62 Å². The monoisotopic (exact) mass is 68.0 g/mol. The molecule has 1 heterocycles. The predicted octanol–water partition coefficient (Wildman–Crippen LogP) is -0.388. The third-order valence-corrected chi connectivity index (χ3v) is 0.379. The molecule has 0 aromatic rings. The summed E-state index contributed by atoms with van der Waals surface area (Å²) in [4.78, 5) is 0. The maximum atomic E-state index is 4.53. The molecule has 0 spiro atoms. The molecule has 0 saturated heterocycles. The molecular weight excluding hydrogens is 64.8 g/mol. The van der Waals surface area contributed by atoms with Crippen LogP contribution in [0.15, 0.2) is 12.5 Å². The molecule has 26 valence electrons. The van der Waals surface area contributed by atoms with Gasteiger partial charge in [0.2, 0.25) is 0 Å². The van der Waals surface area contributed by atoms with Crippen LogP contribution in [0.25, 0.3) is 0 Å². The lowest BCUT2D eigenvalue weighted by atomic mass is 10.3. The smallest absolute Gasteiger partial charge is 0.0391 e. The number of nitrogens with one attached hydrogen (secondary N) is 1. The number of hydrogen-bond acceptors (Lipinski definition) is 2. The van der Waals surface area contributed by atoms with Gasteiger partial charge in [-0.15, -0.1) is 0 Å². The quantitative estimate of drug-likeness (QED) is 0.390. The Kier molecular flexibility index (Phi) is 0.534. The maximum Gasteiger partial charge on any atom is 0.0391 e. The zero-order valence-corrected chi connectivity index (χ0v) is 2.64. The molecule has 0 unspecified atom stereocenters. The van der Waals surface area contributed by atoms with Crippen molar-refractivity contribution in [2.75, 3.05) is 0 Å². The van der Waals surface area contributed by atoms with E-state index in [1.165, 1.54) is 7.62 Å². The second kappa shape index (κ2) is 1.01. The highest BCUT2D eigenvalue weighted by molar-refractivity contribution is 6.25. The fourth-order valence-corrected chi connectivity index (χ4v) is 0.196. The second-order valence-corrected chi connectivity index (χ2v) is 0.723. The summed E-state index contributed by atoms with van der Waals surface area (Å²) in [5, 5.41) is 2.69. The highest BCUT2D eigenvalue weighted by Gasteiger charge is 1.65. The Morgan fingerprint density at radius 3 is 3.00 bits per heavy atom. The van der Waals surface area contributed by atoms with Crippen LogP contribution in [0, 0.1) is 0 Å². The molecule has 2 radical (unpaired) electrons. The molecule has 2 nitrogen and oxygen atoms in total. The molecule has 1 rings (SSSR count). The van der Waals surface area contributed by atoms with Crippen LogP contribution < -0.4 is 5.23 Å². The van der Waals surface area contributed by atoms with E-state index in [1.807, 2.05) is 0 Å². The fourth-order valence-electron chi connectivity index (χ4n) is 0.196. The first-order valence-corrected chi connectivity index (χ1v) is 1.38. The Labute approximate surface area is 31.1 Å². The van der Waals surface area contributed by atoms with E-state index < -0.39 is 0 Å². The van der Waals surface area contributed by atoms with Crippen LogP contribution in [0.5, 0.6) is 0 Å². The standard InChI is InChI=1S/C2H3BNO/c1-2-5-3-4-1/h1-2,4H/q-1. The van der Waals surface area contributed by atoms with E-state index in [2.05, 4.69) is 9.88 Å². The van der Waals surface area contributed by atoms with Gasteiger partial charge in [-0.05, 0) is 6.20 Å². The Hall–Kier alpha value is -0.595. The molecule has 1 aliphatic heterocycles. The van der Waals surface area contributed by atoms with Crippen LogP contribution in [0.1, 0.15) is 0 Å². The van der Waals surface area contributed by atoms with E-state index in [1.54, 1.807) is 12.5 Å². The number of rotatable bonds is 0. The van der Waals surface area contributed by atoms with E-state index in [-0.39, 0.29) is 0 Å². The van der Waals surface area contributed by atoms with E-state index in [4.69, 9.17) is 0 Å². The molecule has 0 atom stereocenters. The Bertz CT molecular complexity index is 47.6. The summed E-state index contributed by atoms with van der Waals surface area (Å²) in [7, 11) is 1.50. The zero-order chi connectivity index (χ0) is 3.54. The molecule has 5 heavy (non-hydrogen) atoms. The van der Waals surface area contributed by atoms with Crippen molar-refractivity contribution in [3.8, 4) is 0 Å². The Balaban J connectivity index is 2.32. The lowest BCUT2D eigenvalue weighted by Gasteiger charge is -2.02. The first-order valence-electron chi connectivity index (χ1n) is 1.38. The summed E-state index contributed by atoms with van der Waals surface area (Å²) in [5.74, 6) is 0. The summed E-state index contributed by atoms with van der Waals surface area (Å²) in [6, 6.07) is 0. The van der Waals surface area contributed by atoms with Gasteiger partial charge in [0.25, 0.3) is 0 Å². The van der Waals surface area contributed by atoms with E-state index in [0.717, 1.165) is 0 Å². The van der Waals surface area contributed by atoms with Gasteiger partial charge in [0.1, 0.15) is 0 Å². The van der Waals surface area contributed by atoms with Crippen LogP contribution >= 0.6 is 0 Å². The predicted molar refractivity (Wildman–Crippen MR) is 19.1 cm³/mol. The average Bonchev–Trinajstić information content (AvgIpc) is 1.76. The molecule has 0 aromatic carbocycles. The van der Waals surface area contributed by atoms with E-state index >= 15 is 0 Å². The highest BCUT2D eigenvalue weighted by Crippen LogP contribution is 1.75. The third-order valence-electron chi connectivity index (χ3n) is 0.379. The molecular formula is C2H3BNO-. The van der Waals surface area contributed by atoms with E-state index in [0.29, 0.717) is 0 Å². The van der Waals surface area contributed by atoms with Gasteiger partial charge in [0.15, 0.2) is 0 Å². The van der Waals surface area contributed by atoms with Gasteiger partial charge in [0, 0.05) is 13.9 Å². The van der Waals surface area contributed by atoms with Crippen molar-refractivity contribution < 1.29 is 4.65 Å². The summed E-state index contributed by atoms with van der Waals surface area (Å²) >= 11 is 0. The van der Waals surface area contributed by atoms with Crippen molar-refractivity contribution in [3.63, 3.8) is 0 Å². The van der Waals surface area contributed by atoms with Crippen molar-refractivity contribution in [2.45, 2.75) is 0 Å². The molecule has 0 saturated carbocycles. The Morgan fingerprint density at radius 1 is 1.80 bits per heavy atom. The largest absolute Gasteiger partial charge is 0.754 e. The first kappa shape index (κ1) is 2.63. The molecule has 0 fully saturated rings. The van der Waals surface area contributed by atoms with Gasteiger partial charge >= 0.3 is 0 Å². The number of hydrogen-bond donors (Lipinski definition) is 1. The lowest BCUT2D eigenvalue weighted by molar-refractivity contribution is 0.529. The molecule has 0 amide bonds. The summed E-state index contributed by atoms with van der Waals surface area (Å²) in [6.45, 7) is 0. The molecule has 1 aliphatic rings.